The molecule has 0 saturated carbocycles. The summed E-state index contributed by atoms with van der Waals surface area (Å²) in [6, 6.07) is 11.9. The molecule has 6 heteroatoms. The number of thiocarbonyl (C=S) groups is 1. The molecule has 102 valence electrons. The first-order valence-electron chi connectivity index (χ1n) is 5.78. The molecule has 0 aliphatic carbocycles. The summed E-state index contributed by atoms with van der Waals surface area (Å²) < 4.78 is 12.7. The number of rotatable bonds is 3. The Morgan fingerprint density at radius 1 is 0.950 bits per heavy atom. The summed E-state index contributed by atoms with van der Waals surface area (Å²) in [6.45, 7) is 0. The molecule has 2 aromatic carbocycles. The number of anilines is 2. The number of halogens is 1. The molecular formula is C14H12FN3OS. The second-order valence-electron chi connectivity index (χ2n) is 4.03. The lowest BCUT2D eigenvalue weighted by molar-refractivity contribution is 0.262. The Morgan fingerprint density at radius 2 is 1.40 bits per heavy atom. The van der Waals surface area contributed by atoms with Crippen molar-refractivity contribution < 1.29 is 9.18 Å². The lowest BCUT2D eigenvalue weighted by atomic mass is 10.2. The van der Waals surface area contributed by atoms with Crippen LogP contribution in [0.15, 0.2) is 48.5 Å². The lowest BCUT2D eigenvalue weighted by Gasteiger charge is -2.08. The predicted molar refractivity (Wildman–Crippen MR) is 81.4 cm³/mol. The number of carbonyl (C=O) groups excluding carboxylic acids is 1. The molecule has 0 aromatic heterocycles. The molecule has 2 rings (SSSR count). The maximum atomic E-state index is 12.7. The first-order valence-corrected chi connectivity index (χ1v) is 6.19. The molecule has 0 aliphatic rings. The molecule has 4 nitrogen and oxygen atoms in total. The second-order valence-corrected chi connectivity index (χ2v) is 4.47. The number of hydrogen-bond acceptors (Lipinski definition) is 2. The normalized spacial score (nSPS) is 9.85. The molecule has 0 atom stereocenters. The van der Waals surface area contributed by atoms with E-state index in [0.717, 1.165) is 5.56 Å². The van der Waals surface area contributed by atoms with E-state index in [9.17, 15) is 9.18 Å². The van der Waals surface area contributed by atoms with Crippen molar-refractivity contribution >= 4 is 34.6 Å². The van der Waals surface area contributed by atoms with E-state index in [-0.39, 0.29) is 5.82 Å². The average Bonchev–Trinajstić information content (AvgIpc) is 2.42. The van der Waals surface area contributed by atoms with Gasteiger partial charge in [-0.25, -0.2) is 9.18 Å². The summed E-state index contributed by atoms with van der Waals surface area (Å²) in [6.07, 6.45) is 0. The van der Waals surface area contributed by atoms with Crippen LogP contribution in [0.1, 0.15) is 5.56 Å². The van der Waals surface area contributed by atoms with Crippen molar-refractivity contribution in [2.45, 2.75) is 0 Å². The molecule has 20 heavy (non-hydrogen) atoms. The van der Waals surface area contributed by atoms with Crippen LogP contribution in [0.5, 0.6) is 0 Å². The minimum atomic E-state index is -0.417. The standard InChI is InChI=1S/C14H12FN3OS/c15-10-3-7-12(8-4-10)18-14(19)17-11-5-1-9(2-6-11)13(16)20/h1-8H,(H2,16,20)(H2,17,18,19). The van der Waals surface area contributed by atoms with Gasteiger partial charge in [-0.2, -0.15) is 0 Å². The van der Waals surface area contributed by atoms with Gasteiger partial charge in [-0.05, 0) is 48.5 Å². The molecule has 0 bridgehead atoms. The monoisotopic (exact) mass is 289 g/mol. The van der Waals surface area contributed by atoms with Gasteiger partial charge in [0.1, 0.15) is 10.8 Å². The van der Waals surface area contributed by atoms with Crippen molar-refractivity contribution in [2.75, 3.05) is 10.6 Å². The first-order chi connectivity index (χ1) is 9.54. The summed E-state index contributed by atoms with van der Waals surface area (Å²) >= 11 is 4.84. The summed E-state index contributed by atoms with van der Waals surface area (Å²) in [5, 5.41) is 5.23. The molecule has 2 aromatic rings. The van der Waals surface area contributed by atoms with E-state index in [2.05, 4.69) is 10.6 Å². The van der Waals surface area contributed by atoms with Crippen molar-refractivity contribution in [3.8, 4) is 0 Å². The fourth-order valence-corrected chi connectivity index (χ4v) is 1.68. The number of amides is 2. The van der Waals surface area contributed by atoms with Crippen molar-refractivity contribution in [3.63, 3.8) is 0 Å². The van der Waals surface area contributed by atoms with Crippen molar-refractivity contribution in [1.82, 2.24) is 0 Å². The van der Waals surface area contributed by atoms with Crippen LogP contribution in [0.4, 0.5) is 20.6 Å². The Hall–Kier alpha value is -2.47. The highest BCUT2D eigenvalue weighted by Gasteiger charge is 2.03. The molecular weight excluding hydrogens is 277 g/mol. The summed E-state index contributed by atoms with van der Waals surface area (Å²) in [5.41, 5.74) is 7.31. The number of nitrogens with one attached hydrogen (secondary N) is 2. The lowest BCUT2D eigenvalue weighted by Crippen LogP contribution is -2.19. The maximum absolute atomic E-state index is 12.7. The van der Waals surface area contributed by atoms with Gasteiger partial charge in [-0.3, -0.25) is 0 Å². The SMILES string of the molecule is NC(=S)c1ccc(NC(=O)Nc2ccc(F)cc2)cc1. The second kappa shape index (κ2) is 6.12. The van der Waals surface area contributed by atoms with Gasteiger partial charge in [-0.15, -0.1) is 0 Å². The Morgan fingerprint density at radius 3 is 1.85 bits per heavy atom. The van der Waals surface area contributed by atoms with Gasteiger partial charge in [0.15, 0.2) is 0 Å². The van der Waals surface area contributed by atoms with E-state index in [4.69, 9.17) is 18.0 Å². The Labute approximate surface area is 120 Å². The largest absolute Gasteiger partial charge is 0.389 e. The van der Waals surface area contributed by atoms with E-state index < -0.39 is 6.03 Å². The quantitative estimate of drug-likeness (QED) is 0.761. The highest BCUT2D eigenvalue weighted by atomic mass is 32.1. The summed E-state index contributed by atoms with van der Waals surface area (Å²) in [4.78, 5) is 12.0. The van der Waals surface area contributed by atoms with Crippen LogP contribution < -0.4 is 16.4 Å². The van der Waals surface area contributed by atoms with Crippen LogP contribution >= 0.6 is 12.2 Å². The smallest absolute Gasteiger partial charge is 0.323 e. The number of carbonyl (C=O) groups is 1. The highest BCUT2D eigenvalue weighted by Crippen LogP contribution is 2.12. The maximum Gasteiger partial charge on any atom is 0.323 e. The van der Waals surface area contributed by atoms with Gasteiger partial charge in [0.05, 0.1) is 0 Å². The first kappa shape index (κ1) is 14.0. The third-order valence-electron chi connectivity index (χ3n) is 2.53. The zero-order chi connectivity index (χ0) is 14.5. The minimum absolute atomic E-state index is 0.298. The third-order valence-corrected chi connectivity index (χ3v) is 2.77. The molecule has 0 unspecified atom stereocenters. The Kier molecular flexibility index (Phi) is 4.27. The van der Waals surface area contributed by atoms with Gasteiger partial charge >= 0.3 is 6.03 Å². The molecule has 4 N–H and O–H groups in total. The van der Waals surface area contributed by atoms with Crippen LogP contribution in [0, 0.1) is 5.82 Å². The molecule has 2 amide bonds. The van der Waals surface area contributed by atoms with Crippen LogP contribution in [0.2, 0.25) is 0 Å². The Balaban J connectivity index is 1.97. The van der Waals surface area contributed by atoms with Gasteiger partial charge in [0.2, 0.25) is 0 Å². The van der Waals surface area contributed by atoms with Crippen molar-refractivity contribution in [3.05, 3.63) is 59.9 Å². The molecule has 0 saturated heterocycles. The van der Waals surface area contributed by atoms with Gasteiger partial charge in [0, 0.05) is 16.9 Å². The molecule has 0 fully saturated rings. The predicted octanol–water partition coefficient (Wildman–Crippen LogP) is 3.10. The van der Waals surface area contributed by atoms with E-state index in [1.165, 1.54) is 24.3 Å². The summed E-state index contributed by atoms with van der Waals surface area (Å²) in [5.74, 6) is -0.357. The van der Waals surface area contributed by atoms with E-state index in [0.29, 0.717) is 16.4 Å². The van der Waals surface area contributed by atoms with Crippen molar-refractivity contribution in [1.29, 1.82) is 0 Å². The fourth-order valence-electron chi connectivity index (χ4n) is 1.54. The summed E-state index contributed by atoms with van der Waals surface area (Å²) in [7, 11) is 0. The molecule has 0 heterocycles. The zero-order valence-electron chi connectivity index (χ0n) is 10.4. The van der Waals surface area contributed by atoms with E-state index in [1.807, 2.05) is 0 Å². The van der Waals surface area contributed by atoms with Crippen LogP contribution in [-0.2, 0) is 0 Å². The van der Waals surface area contributed by atoms with E-state index >= 15 is 0 Å². The number of benzene rings is 2. The van der Waals surface area contributed by atoms with Gasteiger partial charge in [-0.1, -0.05) is 12.2 Å². The zero-order valence-corrected chi connectivity index (χ0v) is 11.2. The minimum Gasteiger partial charge on any atom is -0.389 e. The highest BCUT2D eigenvalue weighted by molar-refractivity contribution is 7.80. The average molecular weight is 289 g/mol. The van der Waals surface area contributed by atoms with Crippen LogP contribution in [0.3, 0.4) is 0 Å². The molecule has 0 spiro atoms. The number of hydrogen-bond donors (Lipinski definition) is 3. The van der Waals surface area contributed by atoms with Crippen molar-refractivity contribution in [2.24, 2.45) is 5.73 Å². The molecule has 0 radical (unpaired) electrons. The topological polar surface area (TPSA) is 67.1 Å². The van der Waals surface area contributed by atoms with E-state index in [1.54, 1.807) is 24.3 Å². The molecule has 0 aliphatic heterocycles. The number of nitrogens with two attached hydrogens (primary N) is 1. The van der Waals surface area contributed by atoms with Crippen LogP contribution in [0.25, 0.3) is 0 Å². The van der Waals surface area contributed by atoms with Gasteiger partial charge in [0.25, 0.3) is 0 Å². The fraction of sp³-hybridized carbons (Fsp3) is 0. The Bertz CT molecular complexity index is 626. The van der Waals surface area contributed by atoms with Crippen LogP contribution in [-0.4, -0.2) is 11.0 Å². The third kappa shape index (κ3) is 3.76. The number of urea groups is 1. The van der Waals surface area contributed by atoms with Gasteiger partial charge < -0.3 is 16.4 Å².